The quantitative estimate of drug-likeness (QED) is 0.291. The van der Waals surface area contributed by atoms with Crippen molar-refractivity contribution in [2.75, 3.05) is 6.61 Å². The highest BCUT2D eigenvalue weighted by molar-refractivity contribution is 6.02. The van der Waals surface area contributed by atoms with Gasteiger partial charge >= 0.3 is 18.3 Å². The molecule has 36 heavy (non-hydrogen) atoms. The molecule has 3 aromatic rings. The summed E-state index contributed by atoms with van der Waals surface area (Å²) in [4.78, 5) is 25.4. The number of nitrogens with one attached hydrogen (secondary N) is 1. The number of esters is 1. The third-order valence-electron chi connectivity index (χ3n) is 5.70. The Morgan fingerprint density at radius 3 is 2.25 bits per heavy atom. The Morgan fingerprint density at radius 2 is 1.69 bits per heavy atom. The Kier molecular flexibility index (Phi) is 7.70. The molecule has 0 saturated carbocycles. The lowest BCUT2D eigenvalue weighted by Gasteiger charge is -2.23. The van der Waals surface area contributed by atoms with Gasteiger partial charge in [0.2, 0.25) is 0 Å². The predicted molar refractivity (Wildman–Crippen MR) is 121 cm³/mol. The molecule has 0 aliphatic carbocycles. The van der Waals surface area contributed by atoms with Crippen molar-refractivity contribution in [2.24, 2.45) is 0 Å². The average molecular weight is 514 g/mol. The summed E-state index contributed by atoms with van der Waals surface area (Å²) in [7, 11) is 0. The second-order valence-corrected chi connectivity index (χ2v) is 7.99. The molecule has 194 valence electrons. The van der Waals surface area contributed by atoms with Crippen molar-refractivity contribution < 1.29 is 40.7 Å². The fraction of sp³-hybridized carbons (Fsp3) is 0.360. The van der Waals surface area contributed by atoms with Crippen LogP contribution in [0.25, 0.3) is 10.9 Å². The summed E-state index contributed by atoms with van der Waals surface area (Å²) in [6.07, 6.45) is -9.44. The van der Waals surface area contributed by atoms with Crippen LogP contribution in [-0.4, -0.2) is 29.2 Å². The molecule has 1 unspecified atom stereocenters. The van der Waals surface area contributed by atoms with Crippen molar-refractivity contribution >= 4 is 22.8 Å². The standard InChI is InChI=1S/C25H24F6N2O3/c1-4-14-12-19-16(11-18(14)23(35)36-6-3)13-20(33(19)5-2)22(34)32-21(25(29,30)31)15-8-7-9-17(10-15)24(26,27)28/h7-13,21H,4-6H2,1-3H3,(H,32,34). The van der Waals surface area contributed by atoms with Gasteiger partial charge in [-0.1, -0.05) is 19.1 Å². The molecule has 0 bridgehead atoms. The summed E-state index contributed by atoms with van der Waals surface area (Å²) in [5.74, 6) is -1.68. The van der Waals surface area contributed by atoms with E-state index < -0.39 is 41.4 Å². The van der Waals surface area contributed by atoms with Gasteiger partial charge in [-0.05, 0) is 61.7 Å². The van der Waals surface area contributed by atoms with Crippen LogP contribution in [0, 0.1) is 0 Å². The minimum Gasteiger partial charge on any atom is -0.462 e. The highest BCUT2D eigenvalue weighted by Crippen LogP contribution is 2.37. The van der Waals surface area contributed by atoms with Crippen LogP contribution < -0.4 is 5.32 Å². The van der Waals surface area contributed by atoms with E-state index in [9.17, 15) is 35.9 Å². The van der Waals surface area contributed by atoms with Gasteiger partial charge in [0.15, 0.2) is 6.04 Å². The van der Waals surface area contributed by atoms with Crippen molar-refractivity contribution in [3.8, 4) is 0 Å². The van der Waals surface area contributed by atoms with Crippen molar-refractivity contribution in [1.82, 2.24) is 9.88 Å². The molecule has 0 aliphatic rings. The highest BCUT2D eigenvalue weighted by atomic mass is 19.4. The summed E-state index contributed by atoms with van der Waals surface area (Å²) in [6, 6.07) is 4.62. The van der Waals surface area contributed by atoms with Crippen LogP contribution in [0.5, 0.6) is 0 Å². The molecule has 0 saturated heterocycles. The van der Waals surface area contributed by atoms with E-state index in [0.717, 1.165) is 12.1 Å². The maximum absolute atomic E-state index is 13.9. The summed E-state index contributed by atoms with van der Waals surface area (Å²) in [5.41, 5.74) is -0.693. The number of aromatic nitrogens is 1. The number of amides is 1. The lowest BCUT2D eigenvalue weighted by atomic mass is 10.0. The van der Waals surface area contributed by atoms with Crippen LogP contribution in [-0.2, 0) is 23.9 Å². The molecule has 1 amide bonds. The normalized spacial score (nSPS) is 13.0. The molecule has 0 radical (unpaired) electrons. The third-order valence-corrected chi connectivity index (χ3v) is 5.70. The fourth-order valence-corrected chi connectivity index (χ4v) is 4.03. The van der Waals surface area contributed by atoms with Crippen molar-refractivity contribution in [3.63, 3.8) is 0 Å². The zero-order chi connectivity index (χ0) is 26.8. The molecule has 0 fully saturated rings. The number of halogens is 6. The second-order valence-electron chi connectivity index (χ2n) is 7.99. The number of hydrogen-bond donors (Lipinski definition) is 1. The lowest BCUT2D eigenvalue weighted by Crippen LogP contribution is -2.39. The Morgan fingerprint density at radius 1 is 1.00 bits per heavy atom. The Labute approximate surface area is 203 Å². The molecular formula is C25H24F6N2O3. The monoisotopic (exact) mass is 514 g/mol. The summed E-state index contributed by atoms with van der Waals surface area (Å²) in [6.45, 7) is 5.53. The maximum atomic E-state index is 13.9. The first kappa shape index (κ1) is 27.1. The van der Waals surface area contributed by atoms with Gasteiger partial charge in [-0.15, -0.1) is 0 Å². The van der Waals surface area contributed by atoms with Crippen molar-refractivity contribution in [3.05, 3.63) is 70.4 Å². The number of aryl methyl sites for hydroxylation is 2. The number of ether oxygens (including phenoxy) is 1. The number of rotatable bonds is 7. The maximum Gasteiger partial charge on any atom is 0.416 e. The number of benzene rings is 2. The molecule has 1 aromatic heterocycles. The second kappa shape index (κ2) is 10.2. The molecule has 5 nitrogen and oxygen atoms in total. The highest BCUT2D eigenvalue weighted by Gasteiger charge is 2.43. The molecule has 1 atom stereocenters. The average Bonchev–Trinajstić information content (AvgIpc) is 3.18. The van der Waals surface area contributed by atoms with Crippen LogP contribution in [0.3, 0.4) is 0 Å². The predicted octanol–water partition coefficient (Wildman–Crippen LogP) is 6.45. The van der Waals surface area contributed by atoms with Crippen LogP contribution in [0.15, 0.2) is 42.5 Å². The van der Waals surface area contributed by atoms with E-state index in [1.54, 1.807) is 19.9 Å². The number of nitrogens with zero attached hydrogens (tertiary/aromatic N) is 1. The van der Waals surface area contributed by atoms with Gasteiger partial charge in [-0.25, -0.2) is 4.79 Å². The van der Waals surface area contributed by atoms with Crippen LogP contribution in [0.4, 0.5) is 26.3 Å². The van der Waals surface area contributed by atoms with Gasteiger partial charge in [0.05, 0.1) is 17.7 Å². The van der Waals surface area contributed by atoms with Gasteiger partial charge in [-0.3, -0.25) is 4.79 Å². The summed E-state index contributed by atoms with van der Waals surface area (Å²) < 4.78 is 87.3. The topological polar surface area (TPSA) is 60.3 Å². The van der Waals surface area contributed by atoms with E-state index in [4.69, 9.17) is 4.74 Å². The molecule has 3 rings (SSSR count). The van der Waals surface area contributed by atoms with E-state index in [0.29, 0.717) is 35.0 Å². The van der Waals surface area contributed by atoms with E-state index in [1.807, 2.05) is 12.2 Å². The van der Waals surface area contributed by atoms with Crippen LogP contribution >= 0.6 is 0 Å². The smallest absolute Gasteiger partial charge is 0.416 e. The Balaban J connectivity index is 2.06. The lowest BCUT2D eigenvalue weighted by molar-refractivity contribution is -0.156. The van der Waals surface area contributed by atoms with Gasteiger partial charge < -0.3 is 14.6 Å². The van der Waals surface area contributed by atoms with Gasteiger partial charge in [0.25, 0.3) is 5.91 Å². The molecule has 0 aliphatic heterocycles. The number of hydrogen-bond acceptors (Lipinski definition) is 3. The minimum absolute atomic E-state index is 0.128. The first-order valence-electron chi connectivity index (χ1n) is 11.2. The minimum atomic E-state index is -5.06. The number of fused-ring (bicyclic) bond motifs is 1. The van der Waals surface area contributed by atoms with E-state index in [1.165, 1.54) is 16.7 Å². The van der Waals surface area contributed by atoms with E-state index >= 15 is 0 Å². The molecule has 2 aromatic carbocycles. The van der Waals surface area contributed by atoms with E-state index in [-0.39, 0.29) is 24.4 Å². The molecule has 1 heterocycles. The van der Waals surface area contributed by atoms with Gasteiger partial charge in [0, 0.05) is 17.4 Å². The fourth-order valence-electron chi connectivity index (χ4n) is 4.03. The molecule has 1 N–H and O–H groups in total. The first-order chi connectivity index (χ1) is 16.8. The first-order valence-corrected chi connectivity index (χ1v) is 11.2. The Bertz CT molecular complexity index is 1280. The van der Waals surface area contributed by atoms with Crippen LogP contribution in [0.2, 0.25) is 0 Å². The Hall–Kier alpha value is -3.50. The number of alkyl halides is 6. The summed E-state index contributed by atoms with van der Waals surface area (Å²) in [5, 5.41) is 2.28. The van der Waals surface area contributed by atoms with Crippen molar-refractivity contribution in [2.45, 2.75) is 52.1 Å². The number of carbonyl (C=O) groups is 2. The zero-order valence-electron chi connectivity index (χ0n) is 19.7. The van der Waals surface area contributed by atoms with Crippen molar-refractivity contribution in [1.29, 1.82) is 0 Å². The van der Waals surface area contributed by atoms with Gasteiger partial charge in [-0.2, -0.15) is 26.3 Å². The summed E-state index contributed by atoms with van der Waals surface area (Å²) >= 11 is 0. The SMILES string of the molecule is CCOC(=O)c1cc2cc(C(=O)NC(c3cccc(C(F)(F)F)c3)C(F)(F)F)n(CC)c2cc1CC. The molecular weight excluding hydrogens is 490 g/mol. The molecule has 0 spiro atoms. The van der Waals surface area contributed by atoms with Crippen LogP contribution in [0.1, 0.15) is 64.3 Å². The third kappa shape index (κ3) is 5.50. The largest absolute Gasteiger partial charge is 0.462 e. The molecule has 11 heteroatoms. The zero-order valence-corrected chi connectivity index (χ0v) is 19.7. The van der Waals surface area contributed by atoms with Gasteiger partial charge in [0.1, 0.15) is 5.69 Å². The van der Waals surface area contributed by atoms with E-state index in [2.05, 4.69) is 0 Å². The number of carbonyl (C=O) groups excluding carboxylic acids is 2.